The molecule has 0 aliphatic rings. The van der Waals surface area contributed by atoms with E-state index in [9.17, 15) is 4.79 Å². The number of rotatable bonds is 4. The molecule has 2 aromatic heterocycles. The predicted octanol–water partition coefficient (Wildman–Crippen LogP) is 0.905. The van der Waals surface area contributed by atoms with Gasteiger partial charge in [0.2, 0.25) is 0 Å². The van der Waals surface area contributed by atoms with Crippen LogP contribution in [0, 0.1) is 0 Å². The molecule has 17 heavy (non-hydrogen) atoms. The number of thiazole rings is 1. The smallest absolute Gasteiger partial charge is 0.271 e. The molecule has 0 unspecified atom stereocenters. The highest BCUT2D eigenvalue weighted by Crippen LogP contribution is 2.03. The molecule has 0 spiro atoms. The lowest BCUT2D eigenvalue weighted by atomic mass is 10.4. The van der Waals surface area contributed by atoms with E-state index in [0.29, 0.717) is 12.4 Å². The molecule has 88 valence electrons. The van der Waals surface area contributed by atoms with Gasteiger partial charge in [-0.25, -0.2) is 9.97 Å². The molecule has 2 heterocycles. The molecule has 0 aliphatic carbocycles. The second-order valence-corrected chi connectivity index (χ2v) is 3.92. The number of hydrogen-bond acceptors (Lipinski definition) is 6. The van der Waals surface area contributed by atoms with Gasteiger partial charge in [-0.2, -0.15) is 0 Å². The standard InChI is InChI=1S/C10H11N5OS/c1-11-9-4-12-3-8(15-9)10(16)13-2-7-5-17-6-14-7/h3-6H,2H2,1H3,(H,11,15)(H,13,16). The highest BCUT2D eigenvalue weighted by molar-refractivity contribution is 7.07. The summed E-state index contributed by atoms with van der Waals surface area (Å²) in [6.07, 6.45) is 2.98. The van der Waals surface area contributed by atoms with Crippen molar-refractivity contribution in [1.29, 1.82) is 0 Å². The molecular formula is C10H11N5OS. The van der Waals surface area contributed by atoms with Crippen LogP contribution in [0.5, 0.6) is 0 Å². The van der Waals surface area contributed by atoms with Gasteiger partial charge in [-0.1, -0.05) is 0 Å². The highest BCUT2D eigenvalue weighted by Gasteiger charge is 2.08. The summed E-state index contributed by atoms with van der Waals surface area (Å²) in [4.78, 5) is 23.8. The maximum absolute atomic E-state index is 11.7. The number of hydrogen-bond donors (Lipinski definition) is 2. The summed E-state index contributed by atoms with van der Waals surface area (Å²) in [7, 11) is 1.72. The largest absolute Gasteiger partial charge is 0.372 e. The number of aromatic nitrogens is 3. The van der Waals surface area contributed by atoms with Gasteiger partial charge in [0.25, 0.3) is 5.91 Å². The second-order valence-electron chi connectivity index (χ2n) is 3.20. The summed E-state index contributed by atoms with van der Waals surface area (Å²) < 4.78 is 0. The number of anilines is 1. The Morgan fingerprint density at radius 1 is 1.47 bits per heavy atom. The SMILES string of the molecule is CNc1cncc(C(=O)NCc2cscn2)n1. The Kier molecular flexibility index (Phi) is 3.61. The lowest BCUT2D eigenvalue weighted by Gasteiger charge is -2.04. The molecule has 0 aliphatic heterocycles. The summed E-state index contributed by atoms with van der Waals surface area (Å²) in [6.45, 7) is 0.397. The highest BCUT2D eigenvalue weighted by atomic mass is 32.1. The van der Waals surface area contributed by atoms with Gasteiger partial charge in [-0.05, 0) is 0 Å². The van der Waals surface area contributed by atoms with Gasteiger partial charge in [0.1, 0.15) is 11.5 Å². The van der Waals surface area contributed by atoms with E-state index in [1.54, 1.807) is 18.8 Å². The van der Waals surface area contributed by atoms with E-state index in [1.165, 1.54) is 17.5 Å². The van der Waals surface area contributed by atoms with Crippen LogP contribution in [-0.4, -0.2) is 27.9 Å². The Balaban J connectivity index is 1.99. The number of nitrogens with zero attached hydrogens (tertiary/aromatic N) is 3. The fraction of sp³-hybridized carbons (Fsp3) is 0.200. The molecule has 0 saturated heterocycles. The van der Waals surface area contributed by atoms with Gasteiger partial charge in [0.05, 0.1) is 30.1 Å². The number of amides is 1. The number of nitrogens with one attached hydrogen (secondary N) is 2. The van der Waals surface area contributed by atoms with Crippen molar-refractivity contribution in [2.45, 2.75) is 6.54 Å². The molecule has 0 radical (unpaired) electrons. The van der Waals surface area contributed by atoms with E-state index in [-0.39, 0.29) is 11.6 Å². The molecule has 1 amide bonds. The Morgan fingerprint density at radius 2 is 2.35 bits per heavy atom. The van der Waals surface area contributed by atoms with Crippen LogP contribution in [0.1, 0.15) is 16.2 Å². The lowest BCUT2D eigenvalue weighted by molar-refractivity contribution is 0.0945. The van der Waals surface area contributed by atoms with Crippen molar-refractivity contribution >= 4 is 23.1 Å². The molecule has 0 aromatic carbocycles. The maximum atomic E-state index is 11.7. The Labute approximate surface area is 102 Å². The monoisotopic (exact) mass is 249 g/mol. The average Bonchev–Trinajstić information content (AvgIpc) is 2.89. The van der Waals surface area contributed by atoms with E-state index >= 15 is 0 Å². The van der Waals surface area contributed by atoms with Crippen molar-refractivity contribution in [2.75, 3.05) is 12.4 Å². The van der Waals surface area contributed by atoms with E-state index in [2.05, 4.69) is 25.6 Å². The third-order valence-electron chi connectivity index (χ3n) is 2.04. The molecule has 0 fully saturated rings. The van der Waals surface area contributed by atoms with Gasteiger partial charge in [-0.15, -0.1) is 11.3 Å². The van der Waals surface area contributed by atoms with Crippen LogP contribution in [0.25, 0.3) is 0 Å². The normalized spacial score (nSPS) is 9.94. The van der Waals surface area contributed by atoms with Crippen molar-refractivity contribution in [3.8, 4) is 0 Å². The van der Waals surface area contributed by atoms with Crippen LogP contribution >= 0.6 is 11.3 Å². The molecular weight excluding hydrogens is 238 g/mol. The molecule has 6 nitrogen and oxygen atoms in total. The summed E-state index contributed by atoms with van der Waals surface area (Å²) in [5.74, 6) is 0.300. The molecule has 2 aromatic rings. The molecule has 2 rings (SSSR count). The van der Waals surface area contributed by atoms with Crippen molar-refractivity contribution in [2.24, 2.45) is 0 Å². The first-order chi connectivity index (χ1) is 8.29. The van der Waals surface area contributed by atoms with Crippen molar-refractivity contribution in [1.82, 2.24) is 20.3 Å². The van der Waals surface area contributed by atoms with Crippen molar-refractivity contribution in [3.05, 3.63) is 34.7 Å². The minimum Gasteiger partial charge on any atom is -0.372 e. The minimum absolute atomic E-state index is 0.261. The minimum atomic E-state index is -0.261. The Hall–Kier alpha value is -2.02. The zero-order chi connectivity index (χ0) is 12.1. The van der Waals surface area contributed by atoms with Crippen LogP contribution in [0.3, 0.4) is 0 Å². The van der Waals surface area contributed by atoms with E-state index in [0.717, 1.165) is 5.69 Å². The van der Waals surface area contributed by atoms with Gasteiger partial charge in [0, 0.05) is 12.4 Å². The van der Waals surface area contributed by atoms with E-state index in [4.69, 9.17) is 0 Å². The second kappa shape index (κ2) is 5.35. The Morgan fingerprint density at radius 3 is 3.06 bits per heavy atom. The topological polar surface area (TPSA) is 79.8 Å². The van der Waals surface area contributed by atoms with Crippen LogP contribution in [0.2, 0.25) is 0 Å². The molecule has 0 atom stereocenters. The van der Waals surface area contributed by atoms with E-state index < -0.39 is 0 Å². The van der Waals surface area contributed by atoms with Crippen molar-refractivity contribution in [3.63, 3.8) is 0 Å². The van der Waals surface area contributed by atoms with Crippen LogP contribution < -0.4 is 10.6 Å². The lowest BCUT2D eigenvalue weighted by Crippen LogP contribution is -2.24. The van der Waals surface area contributed by atoms with Crippen LogP contribution in [0.4, 0.5) is 5.82 Å². The fourth-order valence-electron chi connectivity index (χ4n) is 1.18. The Bertz CT molecular complexity index is 499. The summed E-state index contributed by atoms with van der Waals surface area (Å²) in [6, 6.07) is 0. The quantitative estimate of drug-likeness (QED) is 0.841. The molecule has 7 heteroatoms. The maximum Gasteiger partial charge on any atom is 0.271 e. The summed E-state index contributed by atoms with van der Waals surface area (Å²) in [5, 5.41) is 7.44. The summed E-state index contributed by atoms with van der Waals surface area (Å²) >= 11 is 1.49. The van der Waals surface area contributed by atoms with Gasteiger partial charge < -0.3 is 10.6 Å². The van der Waals surface area contributed by atoms with Gasteiger partial charge in [-0.3, -0.25) is 9.78 Å². The zero-order valence-corrected chi connectivity index (χ0v) is 9.99. The fourth-order valence-corrected chi connectivity index (χ4v) is 1.74. The number of carbonyl (C=O) groups is 1. The van der Waals surface area contributed by atoms with Crippen LogP contribution in [0.15, 0.2) is 23.3 Å². The number of carbonyl (C=O) groups excluding carboxylic acids is 1. The van der Waals surface area contributed by atoms with Gasteiger partial charge in [0.15, 0.2) is 0 Å². The third kappa shape index (κ3) is 2.97. The average molecular weight is 249 g/mol. The first kappa shape index (κ1) is 11.5. The van der Waals surface area contributed by atoms with Gasteiger partial charge >= 0.3 is 0 Å². The zero-order valence-electron chi connectivity index (χ0n) is 9.17. The summed E-state index contributed by atoms with van der Waals surface area (Å²) in [5.41, 5.74) is 2.84. The van der Waals surface area contributed by atoms with E-state index in [1.807, 2.05) is 5.38 Å². The predicted molar refractivity (Wildman–Crippen MR) is 64.9 cm³/mol. The molecule has 0 saturated carbocycles. The third-order valence-corrected chi connectivity index (χ3v) is 2.67. The first-order valence-electron chi connectivity index (χ1n) is 4.94. The molecule has 2 N–H and O–H groups in total. The van der Waals surface area contributed by atoms with Crippen molar-refractivity contribution < 1.29 is 4.79 Å². The van der Waals surface area contributed by atoms with Crippen LogP contribution in [-0.2, 0) is 6.54 Å². The molecule has 0 bridgehead atoms. The first-order valence-corrected chi connectivity index (χ1v) is 5.89.